The zero-order chi connectivity index (χ0) is 21.0. The summed E-state index contributed by atoms with van der Waals surface area (Å²) < 4.78 is 36.7. The third-order valence-electron chi connectivity index (χ3n) is 4.20. The maximum Gasteiger partial charge on any atom is 0.325 e. The second-order valence-electron chi connectivity index (χ2n) is 6.08. The van der Waals surface area contributed by atoms with Crippen molar-refractivity contribution >= 4 is 21.9 Å². The molecule has 1 atom stereocenters. The number of oxazole rings is 1. The van der Waals surface area contributed by atoms with Crippen LogP contribution in [0.15, 0.2) is 65.2 Å². The number of hydrogen-bond donors (Lipinski definition) is 1. The topological polar surface area (TPSA) is 116 Å². The number of esters is 1. The van der Waals surface area contributed by atoms with Crippen LogP contribution < -0.4 is 4.72 Å². The van der Waals surface area contributed by atoms with Crippen LogP contribution in [-0.2, 0) is 19.6 Å². The van der Waals surface area contributed by atoms with Gasteiger partial charge in [0, 0.05) is 11.1 Å². The molecular formula is C20H18N2O6S. The van der Waals surface area contributed by atoms with E-state index in [1.54, 1.807) is 18.2 Å². The van der Waals surface area contributed by atoms with Crippen molar-refractivity contribution in [1.29, 1.82) is 0 Å². The van der Waals surface area contributed by atoms with Gasteiger partial charge in [-0.1, -0.05) is 42.5 Å². The van der Waals surface area contributed by atoms with Crippen LogP contribution in [0, 0.1) is 0 Å². The van der Waals surface area contributed by atoms with Gasteiger partial charge in [0.15, 0.2) is 11.0 Å². The van der Waals surface area contributed by atoms with Gasteiger partial charge in [-0.15, -0.1) is 0 Å². The number of nitrogens with zero attached hydrogens (tertiary/aromatic N) is 1. The van der Waals surface area contributed by atoms with Gasteiger partial charge < -0.3 is 9.15 Å². The Balaban J connectivity index is 1.91. The molecule has 0 radical (unpaired) electrons. The number of rotatable bonds is 6. The van der Waals surface area contributed by atoms with Crippen molar-refractivity contribution in [2.75, 3.05) is 7.11 Å². The number of aromatic nitrogens is 1. The van der Waals surface area contributed by atoms with Crippen molar-refractivity contribution in [3.63, 3.8) is 0 Å². The van der Waals surface area contributed by atoms with E-state index in [9.17, 15) is 18.0 Å². The van der Waals surface area contributed by atoms with Gasteiger partial charge in [-0.25, -0.2) is 18.1 Å². The molecule has 1 aromatic heterocycles. The molecule has 0 aliphatic carbocycles. The molecule has 8 nitrogen and oxygen atoms in total. The lowest BCUT2D eigenvalue weighted by Gasteiger charge is -2.13. The van der Waals surface area contributed by atoms with Gasteiger partial charge in [0.2, 0.25) is 15.9 Å². The fraction of sp³-hybridized carbons (Fsp3) is 0.150. The molecular weight excluding hydrogens is 396 g/mol. The molecule has 1 N–H and O–H groups in total. The van der Waals surface area contributed by atoms with Crippen molar-refractivity contribution in [3.8, 4) is 22.8 Å². The second-order valence-corrected chi connectivity index (χ2v) is 8.08. The molecule has 0 fully saturated rings. The Bertz CT molecular complexity index is 1140. The Morgan fingerprint density at radius 3 is 2.41 bits per heavy atom. The molecule has 29 heavy (non-hydrogen) atoms. The van der Waals surface area contributed by atoms with Crippen molar-refractivity contribution in [2.45, 2.75) is 12.2 Å². The van der Waals surface area contributed by atoms with E-state index < -0.39 is 27.1 Å². The number of nitrogens with one attached hydrogen (secondary N) is 1. The van der Waals surface area contributed by atoms with Gasteiger partial charge >= 0.3 is 5.97 Å². The number of benzene rings is 2. The first-order chi connectivity index (χ1) is 13.8. The molecule has 0 aliphatic heterocycles. The molecule has 9 heteroatoms. The van der Waals surface area contributed by atoms with E-state index in [2.05, 4.69) is 9.72 Å². The third-order valence-corrected chi connectivity index (χ3v) is 5.79. The van der Waals surface area contributed by atoms with E-state index in [0.717, 1.165) is 19.6 Å². The second kappa shape index (κ2) is 8.27. The molecule has 150 valence electrons. The van der Waals surface area contributed by atoms with Crippen molar-refractivity contribution in [2.24, 2.45) is 0 Å². The summed E-state index contributed by atoms with van der Waals surface area (Å²) in [6.07, 6.45) is 1.52. The number of sulfonamides is 1. The van der Waals surface area contributed by atoms with Gasteiger partial charge in [0.1, 0.15) is 0 Å². The quantitative estimate of drug-likeness (QED) is 0.617. The summed E-state index contributed by atoms with van der Waals surface area (Å²) >= 11 is 0. The maximum absolute atomic E-state index is 12.6. The van der Waals surface area contributed by atoms with Crippen LogP contribution in [0.4, 0.5) is 0 Å². The van der Waals surface area contributed by atoms with Gasteiger partial charge in [-0.3, -0.25) is 9.59 Å². The minimum absolute atomic E-state index is 0.0367. The largest absolute Gasteiger partial charge is 0.468 e. The summed E-state index contributed by atoms with van der Waals surface area (Å²) in [6.45, 7) is 1.13. The lowest BCUT2D eigenvalue weighted by atomic mass is 10.1. The highest BCUT2D eigenvalue weighted by Gasteiger charge is 2.31. The Morgan fingerprint density at radius 1 is 1.07 bits per heavy atom. The first-order valence-corrected chi connectivity index (χ1v) is 10.1. The number of hydrogen-bond acceptors (Lipinski definition) is 7. The summed E-state index contributed by atoms with van der Waals surface area (Å²) in [5.74, 6) is -1.22. The van der Waals surface area contributed by atoms with E-state index in [-0.39, 0.29) is 11.5 Å². The Morgan fingerprint density at radius 2 is 1.72 bits per heavy atom. The van der Waals surface area contributed by atoms with Crippen molar-refractivity contribution in [3.05, 3.63) is 66.4 Å². The van der Waals surface area contributed by atoms with E-state index in [1.165, 1.54) is 12.3 Å². The maximum atomic E-state index is 12.6. The lowest BCUT2D eigenvalue weighted by molar-refractivity contribution is -0.139. The molecule has 1 heterocycles. The van der Waals surface area contributed by atoms with Crippen LogP contribution in [0.25, 0.3) is 22.8 Å². The Labute approximate surface area is 167 Å². The first-order valence-electron chi connectivity index (χ1n) is 8.58. The SMILES string of the molecule is COC(=O)[C@H](C)S(=O)(=O)NC(=O)c1ccccc1-c1ncc(-c2ccccc2)o1. The van der Waals surface area contributed by atoms with E-state index in [1.807, 2.05) is 35.1 Å². The number of carbonyl (C=O) groups is 2. The fourth-order valence-electron chi connectivity index (χ4n) is 2.57. The zero-order valence-electron chi connectivity index (χ0n) is 15.7. The van der Waals surface area contributed by atoms with E-state index >= 15 is 0 Å². The molecule has 1 amide bonds. The zero-order valence-corrected chi connectivity index (χ0v) is 16.5. The predicted molar refractivity (Wildman–Crippen MR) is 105 cm³/mol. The van der Waals surface area contributed by atoms with Crippen molar-refractivity contribution in [1.82, 2.24) is 9.71 Å². The molecule has 0 aliphatic rings. The smallest absolute Gasteiger partial charge is 0.325 e. The molecule has 0 bridgehead atoms. The molecule has 0 saturated heterocycles. The number of methoxy groups -OCH3 is 1. The molecule has 3 rings (SSSR count). The summed E-state index contributed by atoms with van der Waals surface area (Å²) in [4.78, 5) is 28.4. The summed E-state index contributed by atoms with van der Waals surface area (Å²) in [6, 6.07) is 15.6. The molecule has 0 unspecified atom stereocenters. The highest BCUT2D eigenvalue weighted by atomic mass is 32.2. The monoisotopic (exact) mass is 414 g/mol. The standard InChI is InChI=1S/C20H18N2O6S/c1-13(20(24)27-2)29(25,26)22-18(23)15-10-6-7-11-16(15)19-21-12-17(28-19)14-8-4-3-5-9-14/h3-13H,1-2H3,(H,22,23)/t13-/m0/s1. The van der Waals surface area contributed by atoms with Gasteiger partial charge in [0.25, 0.3) is 5.91 Å². The minimum Gasteiger partial charge on any atom is -0.468 e. The van der Waals surface area contributed by atoms with Crippen LogP contribution in [0.2, 0.25) is 0 Å². The fourth-order valence-corrected chi connectivity index (χ4v) is 3.46. The highest BCUT2D eigenvalue weighted by Crippen LogP contribution is 2.28. The summed E-state index contributed by atoms with van der Waals surface area (Å²) in [7, 11) is -3.21. The van der Waals surface area contributed by atoms with Crippen molar-refractivity contribution < 1.29 is 27.2 Å². The average Bonchev–Trinajstić information content (AvgIpc) is 3.23. The van der Waals surface area contributed by atoms with Crippen LogP contribution in [0.5, 0.6) is 0 Å². The van der Waals surface area contributed by atoms with Gasteiger partial charge in [-0.2, -0.15) is 0 Å². The molecule has 3 aromatic rings. The minimum atomic E-state index is -4.28. The summed E-state index contributed by atoms with van der Waals surface area (Å²) in [5, 5.41) is -1.55. The van der Waals surface area contributed by atoms with E-state index in [0.29, 0.717) is 11.3 Å². The van der Waals surface area contributed by atoms with Crippen LogP contribution in [-0.4, -0.2) is 37.6 Å². The van der Waals surface area contributed by atoms with Crippen LogP contribution >= 0.6 is 0 Å². The number of amides is 1. The predicted octanol–water partition coefficient (Wildman–Crippen LogP) is 2.63. The van der Waals surface area contributed by atoms with Crippen LogP contribution in [0.3, 0.4) is 0 Å². The molecule has 0 spiro atoms. The van der Waals surface area contributed by atoms with Gasteiger partial charge in [0.05, 0.1) is 18.9 Å². The molecule has 0 saturated carbocycles. The van der Waals surface area contributed by atoms with Crippen LogP contribution in [0.1, 0.15) is 17.3 Å². The highest BCUT2D eigenvalue weighted by molar-refractivity contribution is 7.91. The average molecular weight is 414 g/mol. The van der Waals surface area contributed by atoms with Gasteiger partial charge in [-0.05, 0) is 19.1 Å². The Hall–Kier alpha value is -3.46. The lowest BCUT2D eigenvalue weighted by Crippen LogP contribution is -2.41. The molecule has 2 aromatic carbocycles. The number of ether oxygens (including phenoxy) is 1. The summed E-state index contributed by atoms with van der Waals surface area (Å²) in [5.41, 5.74) is 1.16. The number of carbonyl (C=O) groups excluding carboxylic acids is 2. The third kappa shape index (κ3) is 4.35. The Kier molecular flexibility index (Phi) is 5.79. The normalized spacial score (nSPS) is 12.2. The first kappa shape index (κ1) is 20.3. The van der Waals surface area contributed by atoms with E-state index in [4.69, 9.17) is 4.42 Å².